The van der Waals surface area contributed by atoms with Crippen molar-refractivity contribution in [2.45, 2.75) is 66.3 Å². The van der Waals surface area contributed by atoms with Crippen molar-refractivity contribution in [1.82, 2.24) is 5.32 Å². The predicted molar refractivity (Wildman–Crippen MR) is 99.3 cm³/mol. The van der Waals surface area contributed by atoms with Crippen molar-refractivity contribution >= 4 is 17.8 Å². The Balaban J connectivity index is 3.51. The van der Waals surface area contributed by atoms with E-state index in [2.05, 4.69) is 19.2 Å². The Kier molecular flexibility index (Phi) is 7.80. The molecular weight excluding hydrogens is 334 g/mol. The van der Waals surface area contributed by atoms with Gasteiger partial charge in [0.1, 0.15) is 11.8 Å². The quantitative estimate of drug-likeness (QED) is 0.595. The van der Waals surface area contributed by atoms with E-state index in [9.17, 15) is 14.4 Å². The number of hydrogen-bond donors (Lipinski definition) is 1. The standard InChI is InChI=1S/C20H29NO5/c1-8-15-18(26-14(6)23)9-12(4)16(19(15)11(2)3)10-17(20(24)25-7)21-13(5)22/h9,11,17H,8,10H2,1-7H3,(H,21,22)/t17-/m0/s1. The molecule has 0 aromatic heterocycles. The second-order valence-corrected chi connectivity index (χ2v) is 6.64. The monoisotopic (exact) mass is 363 g/mol. The summed E-state index contributed by atoms with van der Waals surface area (Å²) >= 11 is 0. The molecule has 1 rings (SSSR count). The number of hydrogen-bond acceptors (Lipinski definition) is 5. The molecule has 0 bridgehead atoms. The van der Waals surface area contributed by atoms with Gasteiger partial charge in [-0.3, -0.25) is 9.59 Å². The minimum atomic E-state index is -0.766. The van der Waals surface area contributed by atoms with Crippen LogP contribution in [0.4, 0.5) is 0 Å². The average molecular weight is 363 g/mol. The first-order valence-electron chi connectivity index (χ1n) is 8.80. The van der Waals surface area contributed by atoms with E-state index in [1.807, 2.05) is 19.9 Å². The van der Waals surface area contributed by atoms with Crippen molar-refractivity contribution in [1.29, 1.82) is 0 Å². The van der Waals surface area contributed by atoms with E-state index in [-0.39, 0.29) is 17.8 Å². The molecule has 26 heavy (non-hydrogen) atoms. The van der Waals surface area contributed by atoms with E-state index in [1.54, 1.807) is 0 Å². The number of benzene rings is 1. The number of ether oxygens (including phenoxy) is 2. The Morgan fingerprint density at radius 3 is 2.19 bits per heavy atom. The summed E-state index contributed by atoms with van der Waals surface area (Å²) in [5, 5.41) is 2.66. The molecule has 0 heterocycles. The zero-order chi connectivity index (χ0) is 20.0. The van der Waals surface area contributed by atoms with Crippen LogP contribution >= 0.6 is 0 Å². The van der Waals surface area contributed by atoms with Gasteiger partial charge >= 0.3 is 11.9 Å². The Bertz CT molecular complexity index is 694. The molecule has 0 saturated carbocycles. The Morgan fingerprint density at radius 1 is 1.15 bits per heavy atom. The topological polar surface area (TPSA) is 81.7 Å². The summed E-state index contributed by atoms with van der Waals surface area (Å²) in [6.07, 6.45) is 1.01. The van der Waals surface area contributed by atoms with Crippen molar-refractivity contribution in [2.24, 2.45) is 0 Å². The van der Waals surface area contributed by atoms with Crippen LogP contribution in [0.15, 0.2) is 6.07 Å². The van der Waals surface area contributed by atoms with Crippen molar-refractivity contribution < 1.29 is 23.9 Å². The summed E-state index contributed by atoms with van der Waals surface area (Å²) in [4.78, 5) is 35.1. The molecule has 1 atom stereocenters. The second-order valence-electron chi connectivity index (χ2n) is 6.64. The van der Waals surface area contributed by atoms with Crippen LogP contribution in [0.2, 0.25) is 0 Å². The van der Waals surface area contributed by atoms with Gasteiger partial charge in [0.25, 0.3) is 0 Å². The highest BCUT2D eigenvalue weighted by Crippen LogP contribution is 2.35. The number of methoxy groups -OCH3 is 1. The van der Waals surface area contributed by atoms with Crippen LogP contribution in [-0.4, -0.2) is 31.0 Å². The van der Waals surface area contributed by atoms with Gasteiger partial charge in [-0.2, -0.15) is 0 Å². The zero-order valence-corrected chi connectivity index (χ0v) is 16.7. The van der Waals surface area contributed by atoms with E-state index < -0.39 is 12.0 Å². The summed E-state index contributed by atoms with van der Waals surface area (Å²) in [6.45, 7) is 10.8. The lowest BCUT2D eigenvalue weighted by molar-refractivity contribution is -0.144. The largest absolute Gasteiger partial charge is 0.467 e. The van der Waals surface area contributed by atoms with Crippen molar-refractivity contribution in [3.63, 3.8) is 0 Å². The van der Waals surface area contributed by atoms with Crippen LogP contribution in [0.25, 0.3) is 0 Å². The summed E-state index contributed by atoms with van der Waals surface area (Å²) in [6, 6.07) is 1.06. The fraction of sp³-hybridized carbons (Fsp3) is 0.550. The van der Waals surface area contributed by atoms with Gasteiger partial charge < -0.3 is 14.8 Å². The van der Waals surface area contributed by atoms with Gasteiger partial charge in [0.05, 0.1) is 7.11 Å². The number of carbonyl (C=O) groups excluding carboxylic acids is 3. The summed E-state index contributed by atoms with van der Waals surface area (Å²) in [5.74, 6) is -0.441. The number of amides is 1. The van der Waals surface area contributed by atoms with Crippen molar-refractivity contribution in [3.05, 3.63) is 28.3 Å². The summed E-state index contributed by atoms with van der Waals surface area (Å²) < 4.78 is 10.2. The third kappa shape index (κ3) is 5.31. The molecule has 1 aromatic rings. The molecule has 144 valence electrons. The van der Waals surface area contributed by atoms with Gasteiger partial charge in [0.2, 0.25) is 5.91 Å². The van der Waals surface area contributed by atoms with Crippen LogP contribution in [0, 0.1) is 6.92 Å². The van der Waals surface area contributed by atoms with Crippen molar-refractivity contribution in [2.75, 3.05) is 7.11 Å². The fourth-order valence-corrected chi connectivity index (χ4v) is 3.26. The molecule has 0 radical (unpaired) electrons. The van der Waals surface area contributed by atoms with Crippen molar-refractivity contribution in [3.8, 4) is 5.75 Å². The molecule has 0 unspecified atom stereocenters. The summed E-state index contributed by atoms with van der Waals surface area (Å²) in [7, 11) is 1.30. The molecule has 1 N–H and O–H groups in total. The Labute approximate surface area is 155 Å². The van der Waals surface area contributed by atoms with Gasteiger partial charge in [0.15, 0.2) is 0 Å². The molecule has 1 aromatic carbocycles. The van der Waals surface area contributed by atoms with Crippen LogP contribution in [0.1, 0.15) is 62.8 Å². The number of esters is 2. The van der Waals surface area contributed by atoms with E-state index >= 15 is 0 Å². The molecular formula is C20H29NO5. The lowest BCUT2D eigenvalue weighted by Gasteiger charge is -2.25. The van der Waals surface area contributed by atoms with E-state index in [1.165, 1.54) is 21.0 Å². The molecule has 0 aliphatic rings. The van der Waals surface area contributed by atoms with Gasteiger partial charge in [-0.15, -0.1) is 0 Å². The average Bonchev–Trinajstić information content (AvgIpc) is 2.53. The molecule has 0 saturated heterocycles. The van der Waals surface area contributed by atoms with E-state index in [0.29, 0.717) is 18.6 Å². The Hall–Kier alpha value is -2.37. The van der Waals surface area contributed by atoms with E-state index in [0.717, 1.165) is 22.3 Å². The highest BCUT2D eigenvalue weighted by Gasteiger charge is 2.26. The van der Waals surface area contributed by atoms with Crippen LogP contribution < -0.4 is 10.1 Å². The number of rotatable bonds is 7. The SMILES string of the molecule is CCc1c(OC(C)=O)cc(C)c(C[C@H](NC(C)=O)C(=O)OC)c1C(C)C. The first kappa shape index (κ1) is 21.7. The maximum Gasteiger partial charge on any atom is 0.328 e. The summed E-state index contributed by atoms with van der Waals surface area (Å²) in [5.41, 5.74) is 3.86. The molecule has 6 heteroatoms. The third-order valence-electron chi connectivity index (χ3n) is 4.23. The molecule has 1 amide bonds. The van der Waals surface area contributed by atoms with Crippen LogP contribution in [0.5, 0.6) is 5.75 Å². The number of nitrogens with one attached hydrogen (secondary N) is 1. The maximum atomic E-state index is 12.1. The normalized spacial score (nSPS) is 11.8. The van der Waals surface area contributed by atoms with Crippen LogP contribution in [0.3, 0.4) is 0 Å². The molecule has 0 spiro atoms. The zero-order valence-electron chi connectivity index (χ0n) is 16.7. The Morgan fingerprint density at radius 2 is 1.77 bits per heavy atom. The minimum Gasteiger partial charge on any atom is -0.467 e. The van der Waals surface area contributed by atoms with Gasteiger partial charge in [-0.05, 0) is 47.6 Å². The predicted octanol–water partition coefficient (Wildman–Crippen LogP) is 2.83. The molecule has 0 fully saturated rings. The highest BCUT2D eigenvalue weighted by molar-refractivity contribution is 5.83. The second kappa shape index (κ2) is 9.36. The van der Waals surface area contributed by atoms with Gasteiger partial charge in [-0.1, -0.05) is 20.8 Å². The molecule has 6 nitrogen and oxygen atoms in total. The van der Waals surface area contributed by atoms with Gasteiger partial charge in [-0.25, -0.2) is 4.79 Å². The minimum absolute atomic E-state index is 0.157. The first-order chi connectivity index (χ1) is 12.1. The highest BCUT2D eigenvalue weighted by atomic mass is 16.5. The maximum absolute atomic E-state index is 12.1. The van der Waals surface area contributed by atoms with Gasteiger partial charge in [0, 0.05) is 20.3 Å². The lowest BCUT2D eigenvalue weighted by Crippen LogP contribution is -2.42. The molecule has 0 aliphatic heterocycles. The fourth-order valence-electron chi connectivity index (χ4n) is 3.26. The van der Waals surface area contributed by atoms with Crippen LogP contribution in [-0.2, 0) is 32.0 Å². The smallest absolute Gasteiger partial charge is 0.328 e. The van der Waals surface area contributed by atoms with E-state index in [4.69, 9.17) is 9.47 Å². The lowest BCUT2D eigenvalue weighted by atomic mass is 9.84. The first-order valence-corrected chi connectivity index (χ1v) is 8.80. The number of aryl methyl sites for hydroxylation is 1. The third-order valence-corrected chi connectivity index (χ3v) is 4.23. The number of carbonyl (C=O) groups is 3. The molecule has 0 aliphatic carbocycles.